The maximum Gasteiger partial charge on any atom is 0.278 e. The van der Waals surface area contributed by atoms with E-state index in [9.17, 15) is 10.1 Å². The van der Waals surface area contributed by atoms with Crippen molar-refractivity contribution in [2.45, 2.75) is 25.3 Å². The van der Waals surface area contributed by atoms with E-state index in [-0.39, 0.29) is 16.7 Å². The monoisotopic (exact) mass is 367 g/mol. The second-order valence-electron chi connectivity index (χ2n) is 6.98. The summed E-state index contributed by atoms with van der Waals surface area (Å²) >= 11 is 0. The van der Waals surface area contributed by atoms with E-state index in [0.29, 0.717) is 11.9 Å². The van der Waals surface area contributed by atoms with Gasteiger partial charge in [-0.25, -0.2) is 0 Å². The molecule has 2 aromatic heterocycles. The average molecular weight is 367 g/mol. The molecule has 1 aliphatic rings. The zero-order chi connectivity index (χ0) is 18.6. The first-order chi connectivity index (χ1) is 13.2. The van der Waals surface area contributed by atoms with Crippen LogP contribution in [0.4, 0.5) is 11.4 Å². The molecule has 7 nitrogen and oxygen atoms in total. The lowest BCUT2D eigenvalue weighted by Gasteiger charge is -2.30. The summed E-state index contributed by atoms with van der Waals surface area (Å²) in [6.45, 7) is 2.98. The Hall–Kier alpha value is -2.93. The fraction of sp³-hybridized carbons (Fsp3) is 0.350. The average Bonchev–Trinajstić information content (AvgIpc) is 3.23. The van der Waals surface area contributed by atoms with Gasteiger partial charge in [-0.15, -0.1) is 0 Å². The first-order valence-electron chi connectivity index (χ1n) is 9.37. The molecule has 27 heavy (non-hydrogen) atoms. The number of piperidine rings is 1. The van der Waals surface area contributed by atoms with Crippen LogP contribution in [-0.4, -0.2) is 29.5 Å². The van der Waals surface area contributed by atoms with E-state index in [1.165, 1.54) is 24.2 Å². The Bertz CT molecular complexity index is 920. The van der Waals surface area contributed by atoms with Gasteiger partial charge in [0.05, 0.1) is 36.2 Å². The third-order valence-electron chi connectivity index (χ3n) is 5.36. The number of quaternary nitrogens is 1. The minimum absolute atomic E-state index is 0.0768. The van der Waals surface area contributed by atoms with Crippen LogP contribution >= 0.6 is 0 Å². The molecule has 0 saturated carbocycles. The third-order valence-corrected chi connectivity index (χ3v) is 5.36. The van der Waals surface area contributed by atoms with Crippen molar-refractivity contribution in [3.05, 3.63) is 64.9 Å². The van der Waals surface area contributed by atoms with Crippen LogP contribution in [0.2, 0.25) is 0 Å². The molecule has 1 saturated heterocycles. The van der Waals surface area contributed by atoms with Crippen LogP contribution in [0.15, 0.2) is 53.4 Å². The van der Waals surface area contributed by atoms with E-state index < -0.39 is 0 Å². The summed E-state index contributed by atoms with van der Waals surface area (Å²) in [4.78, 5) is 16.5. The van der Waals surface area contributed by atoms with Crippen LogP contribution in [-0.2, 0) is 0 Å². The van der Waals surface area contributed by atoms with Crippen molar-refractivity contribution in [1.29, 1.82) is 0 Å². The molecular weight excluding hydrogens is 344 g/mol. The van der Waals surface area contributed by atoms with Crippen LogP contribution < -0.4 is 10.2 Å². The van der Waals surface area contributed by atoms with Crippen molar-refractivity contribution in [2.24, 2.45) is 0 Å². The normalized spacial score (nSPS) is 16.3. The summed E-state index contributed by atoms with van der Waals surface area (Å²) in [7, 11) is 0. The molecule has 3 aromatic rings. The lowest BCUT2D eigenvalue weighted by Crippen LogP contribution is -3.13. The predicted octanol–water partition coefficient (Wildman–Crippen LogP) is 2.96. The molecule has 0 radical (unpaired) electrons. The number of anilines is 1. The maximum absolute atomic E-state index is 11.3. The Labute approximate surface area is 157 Å². The molecule has 0 spiro atoms. The van der Waals surface area contributed by atoms with Crippen LogP contribution in [0.3, 0.4) is 0 Å². The molecular formula is C20H23N4O3+. The molecule has 2 N–H and O–H groups in total. The zero-order valence-corrected chi connectivity index (χ0v) is 15.1. The topological polar surface area (TPSA) is 85.6 Å². The highest BCUT2D eigenvalue weighted by molar-refractivity contribution is 5.99. The second kappa shape index (κ2) is 7.75. The summed E-state index contributed by atoms with van der Waals surface area (Å²) in [5.41, 5.74) is 0.957. The summed E-state index contributed by atoms with van der Waals surface area (Å²) in [5.74, 6) is 0.979. The molecule has 0 aliphatic carbocycles. The molecule has 0 amide bonds. The first-order valence-corrected chi connectivity index (χ1v) is 9.37. The molecule has 0 unspecified atom stereocenters. The van der Waals surface area contributed by atoms with E-state index in [4.69, 9.17) is 4.42 Å². The number of furan rings is 1. The number of hydrogen-bond donors (Lipinski definition) is 2. The lowest BCUT2D eigenvalue weighted by atomic mass is 10.1. The third kappa shape index (κ3) is 3.64. The zero-order valence-electron chi connectivity index (χ0n) is 15.1. The summed E-state index contributed by atoms with van der Waals surface area (Å²) in [6.07, 6.45) is 8.70. The lowest BCUT2D eigenvalue weighted by molar-refractivity contribution is -0.935. The number of hydrogen-bond acceptors (Lipinski definition) is 5. The number of nitrogens with zero attached hydrogens (tertiary/aromatic N) is 2. The number of fused-ring (bicyclic) bond motifs is 1. The van der Waals surface area contributed by atoms with Gasteiger partial charge in [0, 0.05) is 29.5 Å². The minimum atomic E-state index is -0.364. The Morgan fingerprint density at radius 2 is 2.04 bits per heavy atom. The van der Waals surface area contributed by atoms with Crippen molar-refractivity contribution in [3.63, 3.8) is 0 Å². The quantitative estimate of drug-likeness (QED) is 0.517. The molecule has 1 aliphatic heterocycles. The van der Waals surface area contributed by atoms with Crippen LogP contribution in [0.25, 0.3) is 10.8 Å². The Morgan fingerprint density at radius 1 is 1.19 bits per heavy atom. The molecule has 1 fully saturated rings. The molecule has 7 heteroatoms. The van der Waals surface area contributed by atoms with Gasteiger partial charge in [0.25, 0.3) is 5.69 Å². The highest BCUT2D eigenvalue weighted by Crippen LogP contribution is 2.31. The number of pyridine rings is 1. The Morgan fingerprint density at radius 3 is 2.78 bits per heavy atom. The minimum Gasteiger partial charge on any atom is -0.463 e. The van der Waals surface area contributed by atoms with Gasteiger partial charge < -0.3 is 14.6 Å². The number of benzene rings is 1. The highest BCUT2D eigenvalue weighted by atomic mass is 16.6. The van der Waals surface area contributed by atoms with E-state index in [1.54, 1.807) is 30.8 Å². The fourth-order valence-electron chi connectivity index (χ4n) is 3.99. The number of non-ortho nitro benzene ring substituents is 1. The second-order valence-corrected chi connectivity index (χ2v) is 6.98. The molecule has 3 heterocycles. The van der Waals surface area contributed by atoms with Gasteiger partial charge in [-0.1, -0.05) is 0 Å². The number of aromatic nitrogens is 1. The van der Waals surface area contributed by atoms with E-state index in [0.717, 1.165) is 29.9 Å². The maximum atomic E-state index is 11.3. The number of nitrogens with one attached hydrogen (secondary N) is 2. The van der Waals surface area contributed by atoms with Crippen molar-refractivity contribution >= 4 is 22.1 Å². The van der Waals surface area contributed by atoms with E-state index >= 15 is 0 Å². The van der Waals surface area contributed by atoms with Gasteiger partial charge in [-0.2, -0.15) is 0 Å². The van der Waals surface area contributed by atoms with Crippen molar-refractivity contribution in [2.75, 3.05) is 25.0 Å². The van der Waals surface area contributed by atoms with Crippen molar-refractivity contribution in [1.82, 2.24) is 4.98 Å². The van der Waals surface area contributed by atoms with Gasteiger partial charge in [0.15, 0.2) is 11.8 Å². The fourth-order valence-corrected chi connectivity index (χ4v) is 3.99. The predicted molar refractivity (Wildman–Crippen MR) is 103 cm³/mol. The molecule has 1 aromatic carbocycles. The Kier molecular flexibility index (Phi) is 5.02. The summed E-state index contributed by atoms with van der Waals surface area (Å²) in [5, 5.41) is 16.2. The summed E-state index contributed by atoms with van der Waals surface area (Å²) in [6, 6.07) is 9.32. The van der Waals surface area contributed by atoms with Crippen LogP contribution in [0, 0.1) is 10.1 Å². The van der Waals surface area contributed by atoms with Crippen LogP contribution in [0.5, 0.6) is 0 Å². The van der Waals surface area contributed by atoms with Gasteiger partial charge in [-0.05, 0) is 43.5 Å². The SMILES string of the molecule is O=[N+]([O-])c1ccc(NC[C@@H](c2ccco2)[NH+]2CCCCC2)c2ccncc12. The summed E-state index contributed by atoms with van der Waals surface area (Å²) < 4.78 is 5.72. The molecule has 0 bridgehead atoms. The smallest absolute Gasteiger partial charge is 0.278 e. The number of rotatable bonds is 6. The van der Waals surface area contributed by atoms with Gasteiger partial charge in [-0.3, -0.25) is 15.1 Å². The standard InChI is InChI=1S/C20H22N4O3/c25-24(26)18-7-6-17(15-8-9-21-13-16(15)18)22-14-19(20-5-4-12-27-20)23-10-2-1-3-11-23/h4-9,12-13,19,22H,1-3,10-11,14H2/p+1/t19-/m0/s1. The first kappa shape index (κ1) is 17.5. The van der Waals surface area contributed by atoms with Gasteiger partial charge >= 0.3 is 0 Å². The Balaban J connectivity index is 1.61. The van der Waals surface area contributed by atoms with Crippen LogP contribution in [0.1, 0.15) is 31.1 Å². The highest BCUT2D eigenvalue weighted by Gasteiger charge is 2.28. The molecule has 4 rings (SSSR count). The van der Waals surface area contributed by atoms with Gasteiger partial charge in [0.2, 0.25) is 0 Å². The molecule has 1 atom stereocenters. The molecule has 140 valence electrons. The van der Waals surface area contributed by atoms with Gasteiger partial charge in [0.1, 0.15) is 0 Å². The number of likely N-dealkylation sites (tertiary alicyclic amines) is 1. The van der Waals surface area contributed by atoms with Crippen molar-refractivity contribution < 1.29 is 14.2 Å². The largest absolute Gasteiger partial charge is 0.463 e. The van der Waals surface area contributed by atoms with E-state index in [2.05, 4.69) is 10.3 Å². The van der Waals surface area contributed by atoms with Crippen molar-refractivity contribution in [3.8, 4) is 0 Å². The number of nitro groups is 1. The number of nitro benzene ring substituents is 1. The van der Waals surface area contributed by atoms with E-state index in [1.807, 2.05) is 18.2 Å².